The minimum Gasteiger partial charge on any atom is -0.364 e. The number of carbonyl (C=O) groups is 1. The lowest BCUT2D eigenvalue weighted by Gasteiger charge is -2.08. The van der Waals surface area contributed by atoms with E-state index in [1.54, 1.807) is 6.07 Å². The summed E-state index contributed by atoms with van der Waals surface area (Å²) in [6, 6.07) is 15.0. The van der Waals surface area contributed by atoms with E-state index < -0.39 is 5.91 Å². The van der Waals surface area contributed by atoms with Crippen LogP contribution in [0, 0.1) is 0 Å². The molecule has 0 fully saturated rings. The van der Waals surface area contributed by atoms with Gasteiger partial charge in [-0.3, -0.25) is 4.79 Å². The first kappa shape index (κ1) is 13.3. The predicted octanol–water partition coefficient (Wildman–Crippen LogP) is 2.89. The summed E-state index contributed by atoms with van der Waals surface area (Å²) < 4.78 is 0. The molecule has 0 atom stereocenters. The van der Waals surface area contributed by atoms with Crippen molar-refractivity contribution in [3.63, 3.8) is 0 Å². The number of rotatable bonds is 3. The summed E-state index contributed by atoms with van der Waals surface area (Å²) in [4.78, 5) is 11.4. The highest BCUT2D eigenvalue weighted by molar-refractivity contribution is 6.30. The monoisotopic (exact) mass is 298 g/mol. The maximum atomic E-state index is 11.4. The van der Waals surface area contributed by atoms with Gasteiger partial charge in [0.25, 0.3) is 5.91 Å². The number of H-pyrrole nitrogens is 1. The van der Waals surface area contributed by atoms with Crippen molar-refractivity contribution in [3.8, 4) is 22.4 Å². The summed E-state index contributed by atoms with van der Waals surface area (Å²) in [5.74, 6) is -0.625. The minimum absolute atomic E-state index is 0.115. The van der Waals surface area contributed by atoms with Crippen LogP contribution in [0.3, 0.4) is 0 Å². The minimum atomic E-state index is -0.625. The molecular formula is C15H11ClN4O. The van der Waals surface area contributed by atoms with Gasteiger partial charge in [-0.05, 0) is 23.3 Å². The van der Waals surface area contributed by atoms with E-state index >= 15 is 0 Å². The molecule has 0 spiro atoms. The number of nitrogens with one attached hydrogen (secondary N) is 1. The van der Waals surface area contributed by atoms with E-state index in [1.165, 1.54) is 0 Å². The van der Waals surface area contributed by atoms with Crippen molar-refractivity contribution < 1.29 is 4.79 Å². The number of nitrogens with zero attached hydrogens (tertiary/aromatic N) is 2. The van der Waals surface area contributed by atoms with Crippen LogP contribution in [0.4, 0.5) is 0 Å². The molecule has 0 aliphatic carbocycles. The largest absolute Gasteiger partial charge is 0.364 e. The average Bonchev–Trinajstić information content (AvgIpc) is 2.97. The Morgan fingerprint density at radius 3 is 2.52 bits per heavy atom. The second-order valence-electron chi connectivity index (χ2n) is 4.44. The molecule has 0 aliphatic rings. The zero-order valence-corrected chi connectivity index (χ0v) is 11.6. The van der Waals surface area contributed by atoms with Gasteiger partial charge in [-0.2, -0.15) is 15.4 Å². The molecule has 3 N–H and O–H groups in total. The summed E-state index contributed by atoms with van der Waals surface area (Å²) in [7, 11) is 0. The summed E-state index contributed by atoms with van der Waals surface area (Å²) in [5, 5.41) is 10.9. The van der Waals surface area contributed by atoms with E-state index in [2.05, 4.69) is 15.4 Å². The fourth-order valence-corrected chi connectivity index (χ4v) is 2.38. The van der Waals surface area contributed by atoms with Crippen LogP contribution in [-0.2, 0) is 0 Å². The first-order chi connectivity index (χ1) is 10.2. The van der Waals surface area contributed by atoms with Crippen LogP contribution in [-0.4, -0.2) is 21.3 Å². The number of hydrogen-bond donors (Lipinski definition) is 2. The van der Waals surface area contributed by atoms with E-state index in [-0.39, 0.29) is 5.69 Å². The Kier molecular flexibility index (Phi) is 3.41. The molecule has 5 nitrogen and oxygen atoms in total. The second kappa shape index (κ2) is 5.38. The lowest BCUT2D eigenvalue weighted by Crippen LogP contribution is -2.12. The molecule has 1 aromatic heterocycles. The molecule has 2 aromatic carbocycles. The highest BCUT2D eigenvalue weighted by Gasteiger charge is 2.18. The first-order valence-electron chi connectivity index (χ1n) is 6.22. The summed E-state index contributed by atoms with van der Waals surface area (Å²) in [5.41, 5.74) is 8.46. The van der Waals surface area contributed by atoms with Crippen molar-refractivity contribution in [2.24, 2.45) is 5.73 Å². The van der Waals surface area contributed by atoms with Gasteiger partial charge in [-0.1, -0.05) is 48.0 Å². The zero-order chi connectivity index (χ0) is 14.8. The van der Waals surface area contributed by atoms with Gasteiger partial charge in [0.2, 0.25) is 0 Å². The molecule has 0 radical (unpaired) electrons. The van der Waals surface area contributed by atoms with Gasteiger partial charge in [0.15, 0.2) is 5.69 Å². The smallest absolute Gasteiger partial charge is 0.271 e. The van der Waals surface area contributed by atoms with E-state index in [4.69, 9.17) is 17.3 Å². The number of aromatic amines is 1. The standard InChI is InChI=1S/C15H11ClN4O/c16-10-5-3-4-9(8-10)11-6-1-2-7-12(11)13-14(15(17)21)19-20-18-13/h1-8H,(H2,17,21)(H,18,19,20). The number of amides is 1. The fourth-order valence-electron chi connectivity index (χ4n) is 2.19. The molecule has 1 heterocycles. The number of benzene rings is 2. The highest BCUT2D eigenvalue weighted by Crippen LogP contribution is 2.32. The lowest BCUT2D eigenvalue weighted by atomic mass is 9.97. The van der Waals surface area contributed by atoms with Crippen LogP contribution in [0.25, 0.3) is 22.4 Å². The maximum absolute atomic E-state index is 11.4. The third-order valence-corrected chi connectivity index (χ3v) is 3.33. The Hall–Kier alpha value is -2.66. The van der Waals surface area contributed by atoms with E-state index in [0.717, 1.165) is 16.7 Å². The molecule has 0 saturated carbocycles. The van der Waals surface area contributed by atoms with Gasteiger partial charge in [-0.25, -0.2) is 0 Å². The van der Waals surface area contributed by atoms with Crippen molar-refractivity contribution in [2.75, 3.05) is 0 Å². The van der Waals surface area contributed by atoms with Gasteiger partial charge in [0, 0.05) is 10.6 Å². The molecule has 0 saturated heterocycles. The molecule has 0 bridgehead atoms. The van der Waals surface area contributed by atoms with Crippen LogP contribution in [0.15, 0.2) is 48.5 Å². The maximum Gasteiger partial charge on any atom is 0.271 e. The quantitative estimate of drug-likeness (QED) is 0.779. The number of primary amides is 1. The molecule has 3 aromatic rings. The SMILES string of the molecule is NC(=O)c1n[nH]nc1-c1ccccc1-c1cccc(Cl)c1. The number of aromatic nitrogens is 3. The average molecular weight is 299 g/mol. The van der Waals surface area contributed by atoms with Crippen molar-refractivity contribution in [2.45, 2.75) is 0 Å². The van der Waals surface area contributed by atoms with E-state index in [0.29, 0.717) is 10.7 Å². The fraction of sp³-hybridized carbons (Fsp3) is 0. The number of halogens is 1. The van der Waals surface area contributed by atoms with Crippen LogP contribution < -0.4 is 5.73 Å². The molecule has 21 heavy (non-hydrogen) atoms. The van der Waals surface area contributed by atoms with Crippen molar-refractivity contribution in [1.82, 2.24) is 15.4 Å². The Balaban J connectivity index is 2.21. The normalized spacial score (nSPS) is 10.5. The number of carbonyl (C=O) groups excluding carboxylic acids is 1. The number of nitrogens with two attached hydrogens (primary N) is 1. The second-order valence-corrected chi connectivity index (χ2v) is 4.88. The van der Waals surface area contributed by atoms with Crippen molar-refractivity contribution >= 4 is 17.5 Å². The topological polar surface area (TPSA) is 84.7 Å². The molecule has 6 heteroatoms. The Labute approximate surface area is 125 Å². The van der Waals surface area contributed by atoms with Crippen molar-refractivity contribution in [1.29, 1.82) is 0 Å². The van der Waals surface area contributed by atoms with Gasteiger partial charge in [-0.15, -0.1) is 0 Å². The van der Waals surface area contributed by atoms with E-state index in [1.807, 2.05) is 42.5 Å². The summed E-state index contributed by atoms with van der Waals surface area (Å²) in [6.45, 7) is 0. The molecule has 0 aliphatic heterocycles. The van der Waals surface area contributed by atoms with Crippen molar-refractivity contribution in [3.05, 3.63) is 59.2 Å². The lowest BCUT2D eigenvalue weighted by molar-refractivity contribution is 0.0996. The zero-order valence-electron chi connectivity index (χ0n) is 10.9. The Bertz CT molecular complexity index is 813. The molecule has 1 amide bonds. The first-order valence-corrected chi connectivity index (χ1v) is 6.60. The van der Waals surface area contributed by atoms with Gasteiger partial charge in [0.05, 0.1) is 0 Å². The highest BCUT2D eigenvalue weighted by atomic mass is 35.5. The molecular weight excluding hydrogens is 288 g/mol. The summed E-state index contributed by atoms with van der Waals surface area (Å²) >= 11 is 6.05. The molecule has 104 valence electrons. The Morgan fingerprint density at radius 2 is 1.81 bits per heavy atom. The molecule has 3 rings (SSSR count). The molecule has 0 unspecified atom stereocenters. The van der Waals surface area contributed by atoms with Gasteiger partial charge < -0.3 is 5.73 Å². The summed E-state index contributed by atoms with van der Waals surface area (Å²) in [6.07, 6.45) is 0. The number of hydrogen-bond acceptors (Lipinski definition) is 3. The van der Waals surface area contributed by atoms with Gasteiger partial charge >= 0.3 is 0 Å². The van der Waals surface area contributed by atoms with Crippen LogP contribution in [0.2, 0.25) is 5.02 Å². The third-order valence-electron chi connectivity index (χ3n) is 3.10. The van der Waals surface area contributed by atoms with Gasteiger partial charge in [0.1, 0.15) is 5.69 Å². The van der Waals surface area contributed by atoms with E-state index in [9.17, 15) is 4.79 Å². The van der Waals surface area contributed by atoms with Crippen LogP contribution >= 0.6 is 11.6 Å². The van der Waals surface area contributed by atoms with Crippen LogP contribution in [0.1, 0.15) is 10.5 Å². The van der Waals surface area contributed by atoms with Crippen LogP contribution in [0.5, 0.6) is 0 Å². The predicted molar refractivity (Wildman–Crippen MR) is 80.8 cm³/mol. The third kappa shape index (κ3) is 2.51. The Morgan fingerprint density at radius 1 is 1.05 bits per heavy atom.